The summed E-state index contributed by atoms with van der Waals surface area (Å²) < 4.78 is 31.3. The molecule has 1 aliphatic rings. The van der Waals surface area contributed by atoms with Gasteiger partial charge in [0.25, 0.3) is 0 Å². The molecule has 2 rings (SSSR count). The van der Waals surface area contributed by atoms with Gasteiger partial charge in [0.2, 0.25) is 11.8 Å². The van der Waals surface area contributed by atoms with Gasteiger partial charge in [-0.25, -0.2) is 8.78 Å². The zero-order chi connectivity index (χ0) is 15.2. The van der Waals surface area contributed by atoms with Crippen LogP contribution in [-0.4, -0.2) is 25.0 Å². The average Bonchev–Trinajstić information content (AvgIpc) is 2.48. The van der Waals surface area contributed by atoms with E-state index in [0.29, 0.717) is 25.7 Å². The van der Waals surface area contributed by atoms with Crippen molar-refractivity contribution in [3.8, 4) is 0 Å². The van der Waals surface area contributed by atoms with Crippen molar-refractivity contribution >= 4 is 11.8 Å². The van der Waals surface area contributed by atoms with E-state index in [-0.39, 0.29) is 23.8 Å². The van der Waals surface area contributed by atoms with Crippen LogP contribution in [-0.2, 0) is 20.7 Å². The molecule has 0 radical (unpaired) electrons. The molecule has 0 aromatic heterocycles. The fourth-order valence-electron chi connectivity index (χ4n) is 2.06. The van der Waals surface area contributed by atoms with Crippen molar-refractivity contribution in [3.63, 3.8) is 0 Å². The molecule has 0 spiro atoms. The molecule has 1 aromatic carbocycles. The predicted molar refractivity (Wildman–Crippen MR) is 69.9 cm³/mol. The lowest BCUT2D eigenvalue weighted by Gasteiger charge is -2.21. The number of nitrogens with one attached hydrogen (secondary N) is 2. The minimum atomic E-state index is -0.794. The molecule has 0 saturated carbocycles. The quantitative estimate of drug-likeness (QED) is 0.821. The Hall–Kier alpha value is -2.02. The molecular weight excluding hydrogens is 282 g/mol. The molecule has 7 heteroatoms. The van der Waals surface area contributed by atoms with Crippen LogP contribution in [0.1, 0.15) is 18.4 Å². The lowest BCUT2D eigenvalue weighted by Crippen LogP contribution is -2.46. The minimum Gasteiger partial charge on any atom is -0.381 e. The highest BCUT2D eigenvalue weighted by Crippen LogP contribution is 2.13. The molecular formula is C14H16F2N2O3. The van der Waals surface area contributed by atoms with Gasteiger partial charge in [-0.1, -0.05) is 6.07 Å². The highest BCUT2D eigenvalue weighted by atomic mass is 19.1. The SMILES string of the molecule is O=C(Cc1ccc(F)cc1F)NNC(=O)[C@@H]1CCCOC1. The summed E-state index contributed by atoms with van der Waals surface area (Å²) in [7, 11) is 0. The Morgan fingerprint density at radius 3 is 2.76 bits per heavy atom. The fourth-order valence-corrected chi connectivity index (χ4v) is 2.06. The molecule has 2 N–H and O–H groups in total. The second-order valence-electron chi connectivity index (χ2n) is 4.86. The Labute approximate surface area is 120 Å². The number of ether oxygens (including phenoxy) is 1. The summed E-state index contributed by atoms with van der Waals surface area (Å²) in [5.74, 6) is -2.70. The lowest BCUT2D eigenvalue weighted by molar-refractivity contribution is -0.133. The average molecular weight is 298 g/mol. The van der Waals surface area contributed by atoms with E-state index in [4.69, 9.17) is 4.74 Å². The van der Waals surface area contributed by atoms with Crippen molar-refractivity contribution in [3.05, 3.63) is 35.4 Å². The molecule has 1 atom stereocenters. The van der Waals surface area contributed by atoms with Crippen molar-refractivity contribution in [1.29, 1.82) is 0 Å². The van der Waals surface area contributed by atoms with Crippen LogP contribution in [0.2, 0.25) is 0 Å². The molecule has 1 aliphatic heterocycles. The Bertz CT molecular complexity index is 531. The fraction of sp³-hybridized carbons (Fsp3) is 0.429. The molecule has 5 nitrogen and oxygen atoms in total. The molecule has 114 valence electrons. The zero-order valence-electron chi connectivity index (χ0n) is 11.3. The number of hydrogen-bond acceptors (Lipinski definition) is 3. The van der Waals surface area contributed by atoms with Gasteiger partial charge in [-0.2, -0.15) is 0 Å². The summed E-state index contributed by atoms with van der Waals surface area (Å²) in [4.78, 5) is 23.4. The largest absolute Gasteiger partial charge is 0.381 e. The summed E-state index contributed by atoms with van der Waals surface area (Å²) in [6, 6.07) is 2.98. The van der Waals surface area contributed by atoms with Crippen molar-refractivity contribution < 1.29 is 23.1 Å². The molecule has 1 aromatic rings. The summed E-state index contributed by atoms with van der Waals surface area (Å²) in [6.07, 6.45) is 1.22. The molecule has 2 amide bonds. The second kappa shape index (κ2) is 7.12. The summed E-state index contributed by atoms with van der Waals surface area (Å²) in [6.45, 7) is 0.967. The number of halogens is 2. The highest BCUT2D eigenvalue weighted by Gasteiger charge is 2.22. The van der Waals surface area contributed by atoms with E-state index in [9.17, 15) is 18.4 Å². The predicted octanol–water partition coefficient (Wildman–Crippen LogP) is 1.08. The first-order valence-corrected chi connectivity index (χ1v) is 6.66. The summed E-state index contributed by atoms with van der Waals surface area (Å²) in [5, 5.41) is 0. The first kappa shape index (κ1) is 15.4. The van der Waals surface area contributed by atoms with Gasteiger partial charge in [0.1, 0.15) is 11.6 Å². The van der Waals surface area contributed by atoms with E-state index in [2.05, 4.69) is 10.9 Å². The lowest BCUT2D eigenvalue weighted by atomic mass is 10.0. The maximum atomic E-state index is 13.4. The van der Waals surface area contributed by atoms with Gasteiger partial charge in [0.15, 0.2) is 0 Å². The molecule has 0 aliphatic carbocycles. The third kappa shape index (κ3) is 4.49. The number of hydrogen-bond donors (Lipinski definition) is 2. The Kier molecular flexibility index (Phi) is 5.21. The third-order valence-corrected chi connectivity index (χ3v) is 3.22. The molecule has 21 heavy (non-hydrogen) atoms. The number of amides is 2. The number of benzene rings is 1. The van der Waals surface area contributed by atoms with Gasteiger partial charge in [0.05, 0.1) is 18.9 Å². The van der Waals surface area contributed by atoms with Crippen LogP contribution in [0.3, 0.4) is 0 Å². The van der Waals surface area contributed by atoms with E-state index >= 15 is 0 Å². The molecule has 0 unspecified atom stereocenters. The van der Waals surface area contributed by atoms with Crippen LogP contribution in [0.25, 0.3) is 0 Å². The number of rotatable bonds is 3. The summed E-state index contributed by atoms with van der Waals surface area (Å²) >= 11 is 0. The van der Waals surface area contributed by atoms with Crippen LogP contribution in [0.15, 0.2) is 18.2 Å². The van der Waals surface area contributed by atoms with Crippen LogP contribution in [0.5, 0.6) is 0 Å². The van der Waals surface area contributed by atoms with Gasteiger partial charge in [-0.15, -0.1) is 0 Å². The van der Waals surface area contributed by atoms with Crippen molar-refractivity contribution in [2.45, 2.75) is 19.3 Å². The minimum absolute atomic E-state index is 0.0594. The van der Waals surface area contributed by atoms with E-state index in [1.165, 1.54) is 6.07 Å². The van der Waals surface area contributed by atoms with Crippen LogP contribution < -0.4 is 10.9 Å². The Balaban J connectivity index is 1.80. The number of carbonyl (C=O) groups is 2. The Morgan fingerprint density at radius 1 is 1.29 bits per heavy atom. The molecule has 1 fully saturated rings. The zero-order valence-corrected chi connectivity index (χ0v) is 11.3. The van der Waals surface area contributed by atoms with Crippen LogP contribution in [0.4, 0.5) is 8.78 Å². The maximum absolute atomic E-state index is 13.4. The van der Waals surface area contributed by atoms with Crippen LogP contribution >= 0.6 is 0 Å². The number of carbonyl (C=O) groups excluding carboxylic acids is 2. The third-order valence-electron chi connectivity index (χ3n) is 3.22. The number of hydrazine groups is 1. The monoisotopic (exact) mass is 298 g/mol. The molecule has 0 bridgehead atoms. The highest BCUT2D eigenvalue weighted by molar-refractivity contribution is 5.84. The second-order valence-corrected chi connectivity index (χ2v) is 4.86. The van der Waals surface area contributed by atoms with Gasteiger partial charge < -0.3 is 4.74 Å². The van der Waals surface area contributed by atoms with E-state index in [1.54, 1.807) is 0 Å². The summed E-state index contributed by atoms with van der Waals surface area (Å²) in [5.41, 5.74) is 4.56. The normalized spacial score (nSPS) is 18.1. The maximum Gasteiger partial charge on any atom is 0.243 e. The van der Waals surface area contributed by atoms with Gasteiger partial charge in [0, 0.05) is 12.7 Å². The first-order valence-electron chi connectivity index (χ1n) is 6.66. The standard InChI is InChI=1S/C14H16F2N2O3/c15-11-4-3-9(12(16)7-11)6-13(19)17-18-14(20)10-2-1-5-21-8-10/h3-4,7,10H,1-2,5-6,8H2,(H,17,19)(H,18,20)/t10-/m1/s1. The van der Waals surface area contributed by atoms with E-state index in [1.807, 2.05) is 0 Å². The van der Waals surface area contributed by atoms with Crippen molar-refractivity contribution in [2.75, 3.05) is 13.2 Å². The van der Waals surface area contributed by atoms with Gasteiger partial charge in [-0.3, -0.25) is 20.4 Å². The Morgan fingerprint density at radius 2 is 2.10 bits per heavy atom. The molecule has 1 heterocycles. The van der Waals surface area contributed by atoms with Gasteiger partial charge in [-0.05, 0) is 24.5 Å². The van der Waals surface area contributed by atoms with E-state index in [0.717, 1.165) is 12.5 Å². The van der Waals surface area contributed by atoms with E-state index < -0.39 is 17.5 Å². The van der Waals surface area contributed by atoms with Crippen molar-refractivity contribution in [2.24, 2.45) is 5.92 Å². The van der Waals surface area contributed by atoms with Crippen molar-refractivity contribution in [1.82, 2.24) is 10.9 Å². The first-order chi connectivity index (χ1) is 10.1. The molecule has 1 saturated heterocycles. The van der Waals surface area contributed by atoms with Crippen LogP contribution in [0, 0.1) is 17.6 Å². The smallest absolute Gasteiger partial charge is 0.243 e. The van der Waals surface area contributed by atoms with Gasteiger partial charge >= 0.3 is 0 Å². The topological polar surface area (TPSA) is 67.4 Å².